The zero-order valence-corrected chi connectivity index (χ0v) is 17.5. The molecule has 9 nitrogen and oxygen atoms in total. The Kier molecular flexibility index (Phi) is 7.27. The Morgan fingerprint density at radius 1 is 1.34 bits per heavy atom. The Bertz CT molecular complexity index is 890. The third-order valence-electron chi connectivity index (χ3n) is 4.60. The van der Waals surface area contributed by atoms with E-state index in [-0.39, 0.29) is 12.4 Å². The second-order valence-corrected chi connectivity index (χ2v) is 8.05. The summed E-state index contributed by atoms with van der Waals surface area (Å²) in [4.78, 5) is 43.7. The Hall–Kier alpha value is -3.01. The summed E-state index contributed by atoms with van der Waals surface area (Å²) in [5.74, 6) is -0.929. The van der Waals surface area contributed by atoms with Gasteiger partial charge in [0.1, 0.15) is 5.41 Å². The van der Waals surface area contributed by atoms with E-state index in [2.05, 4.69) is 21.0 Å². The average Bonchev–Trinajstić information content (AvgIpc) is 3.32. The third kappa shape index (κ3) is 5.29. The van der Waals surface area contributed by atoms with Crippen LogP contribution in [-0.2, 0) is 15.0 Å². The highest BCUT2D eigenvalue weighted by molar-refractivity contribution is 7.19. The second kappa shape index (κ2) is 9.46. The molecular formula is C19H25N5O4S. The van der Waals surface area contributed by atoms with E-state index >= 15 is 0 Å². The summed E-state index contributed by atoms with van der Waals surface area (Å²) >= 11 is 1.38. The number of likely N-dealkylation sites (tertiary alicyclic amines) is 1. The molecule has 1 fully saturated rings. The Morgan fingerprint density at radius 2 is 1.97 bits per heavy atom. The van der Waals surface area contributed by atoms with Crippen LogP contribution in [0.25, 0.3) is 10.4 Å². The summed E-state index contributed by atoms with van der Waals surface area (Å²) in [6, 6.07) is 3.49. The van der Waals surface area contributed by atoms with Gasteiger partial charge in [-0.25, -0.2) is 9.78 Å². The molecule has 3 rings (SSSR count). The Balaban J connectivity index is 0.000000941. The fourth-order valence-electron chi connectivity index (χ4n) is 2.83. The standard InChI is InChI=1S/C18H22N4O3S.CH3NO/c1-11-14(12-6-7-19-13(10-12)18(2,3)15(23)24)26-16(20-11)21-17(25)22-8-4-5-9-22;2-1-3/h6-7,10H,4-5,8-9H2,1-3H3,(H,23,24)(H,20,21,25);1H,(H2,2,3). The number of thiazole rings is 1. The number of anilines is 1. The highest BCUT2D eigenvalue weighted by Gasteiger charge is 2.31. The van der Waals surface area contributed by atoms with E-state index < -0.39 is 11.4 Å². The number of aromatic nitrogens is 2. The van der Waals surface area contributed by atoms with Crippen LogP contribution in [0.2, 0.25) is 0 Å². The van der Waals surface area contributed by atoms with Crippen molar-refractivity contribution in [3.63, 3.8) is 0 Å². The number of hydrogen-bond acceptors (Lipinski definition) is 6. The predicted octanol–water partition coefficient (Wildman–Crippen LogP) is 2.60. The minimum atomic E-state index is -1.08. The molecule has 0 aliphatic carbocycles. The number of nitrogens with one attached hydrogen (secondary N) is 1. The fraction of sp³-hybridized carbons (Fsp3) is 0.421. The molecule has 3 heterocycles. The SMILES string of the molecule is Cc1nc(NC(=O)N2CCCC2)sc1-c1ccnc(C(C)(C)C(=O)O)c1.NC=O. The lowest BCUT2D eigenvalue weighted by atomic mass is 9.88. The molecule has 3 amide bonds. The number of carboxylic acid groups (broad SMARTS) is 1. The Labute approximate surface area is 173 Å². The summed E-state index contributed by atoms with van der Waals surface area (Å²) in [5, 5.41) is 12.8. The van der Waals surface area contributed by atoms with E-state index in [0.717, 1.165) is 42.1 Å². The topological polar surface area (TPSA) is 139 Å². The summed E-state index contributed by atoms with van der Waals surface area (Å²) in [6.07, 6.45) is 3.93. The minimum Gasteiger partial charge on any atom is -0.481 e. The van der Waals surface area contributed by atoms with Crippen molar-refractivity contribution in [3.05, 3.63) is 29.7 Å². The number of carboxylic acids is 1. The van der Waals surface area contributed by atoms with E-state index in [1.165, 1.54) is 11.3 Å². The number of carbonyl (C=O) groups excluding carboxylic acids is 2. The number of rotatable bonds is 4. The molecule has 2 aromatic heterocycles. The zero-order chi connectivity index (χ0) is 21.6. The van der Waals surface area contributed by atoms with Crippen LogP contribution >= 0.6 is 11.3 Å². The molecule has 10 heteroatoms. The molecule has 1 saturated heterocycles. The van der Waals surface area contributed by atoms with Gasteiger partial charge in [0.05, 0.1) is 16.3 Å². The molecule has 1 aliphatic rings. The van der Waals surface area contributed by atoms with E-state index in [1.54, 1.807) is 31.0 Å². The van der Waals surface area contributed by atoms with Gasteiger partial charge in [0.2, 0.25) is 6.41 Å². The van der Waals surface area contributed by atoms with Gasteiger partial charge in [0.25, 0.3) is 0 Å². The number of urea groups is 1. The molecule has 0 unspecified atom stereocenters. The van der Waals surface area contributed by atoms with Crippen molar-refractivity contribution in [2.45, 2.75) is 39.0 Å². The van der Waals surface area contributed by atoms with Gasteiger partial charge in [-0.15, -0.1) is 0 Å². The van der Waals surface area contributed by atoms with Gasteiger partial charge >= 0.3 is 12.0 Å². The summed E-state index contributed by atoms with van der Waals surface area (Å²) < 4.78 is 0. The van der Waals surface area contributed by atoms with Gasteiger partial charge in [-0.1, -0.05) is 11.3 Å². The average molecular weight is 420 g/mol. The van der Waals surface area contributed by atoms with Crippen molar-refractivity contribution in [2.24, 2.45) is 5.73 Å². The molecule has 29 heavy (non-hydrogen) atoms. The number of primary amides is 1. The first-order valence-corrected chi connectivity index (χ1v) is 9.91. The van der Waals surface area contributed by atoms with Gasteiger partial charge in [-0.05, 0) is 51.3 Å². The normalized spacial score (nSPS) is 13.4. The van der Waals surface area contributed by atoms with Crippen molar-refractivity contribution in [1.29, 1.82) is 0 Å². The van der Waals surface area contributed by atoms with Crippen LogP contribution in [0.4, 0.5) is 9.93 Å². The van der Waals surface area contributed by atoms with Crippen LogP contribution in [0.15, 0.2) is 18.3 Å². The molecule has 1 aliphatic heterocycles. The fourth-order valence-corrected chi connectivity index (χ4v) is 3.78. The lowest BCUT2D eigenvalue weighted by molar-refractivity contribution is -0.142. The number of aliphatic carboxylic acids is 1. The van der Waals surface area contributed by atoms with Gasteiger partial charge in [-0.3, -0.25) is 19.9 Å². The molecule has 0 radical (unpaired) electrons. The van der Waals surface area contributed by atoms with Crippen molar-refractivity contribution in [1.82, 2.24) is 14.9 Å². The molecule has 2 aromatic rings. The van der Waals surface area contributed by atoms with Gasteiger partial charge in [-0.2, -0.15) is 0 Å². The first-order chi connectivity index (χ1) is 13.7. The predicted molar refractivity (Wildman–Crippen MR) is 111 cm³/mol. The molecular weight excluding hydrogens is 394 g/mol. The number of pyridine rings is 1. The van der Waals surface area contributed by atoms with Crippen LogP contribution < -0.4 is 11.1 Å². The van der Waals surface area contributed by atoms with Crippen LogP contribution in [0.1, 0.15) is 38.1 Å². The van der Waals surface area contributed by atoms with Crippen molar-refractivity contribution in [3.8, 4) is 10.4 Å². The van der Waals surface area contributed by atoms with E-state index in [0.29, 0.717) is 10.8 Å². The van der Waals surface area contributed by atoms with E-state index in [1.807, 2.05) is 13.0 Å². The van der Waals surface area contributed by atoms with E-state index in [9.17, 15) is 14.7 Å². The molecule has 0 atom stereocenters. The first-order valence-electron chi connectivity index (χ1n) is 9.09. The Morgan fingerprint density at radius 3 is 2.55 bits per heavy atom. The number of nitrogens with two attached hydrogens (primary N) is 1. The molecule has 0 saturated carbocycles. The lowest BCUT2D eigenvalue weighted by Gasteiger charge is -2.18. The van der Waals surface area contributed by atoms with Gasteiger partial charge in [0, 0.05) is 19.3 Å². The van der Waals surface area contributed by atoms with Crippen molar-refractivity contribution < 1.29 is 19.5 Å². The minimum absolute atomic E-state index is 0.120. The summed E-state index contributed by atoms with van der Waals surface area (Å²) in [5.41, 5.74) is 5.21. The summed E-state index contributed by atoms with van der Waals surface area (Å²) in [6.45, 7) is 6.69. The maximum Gasteiger partial charge on any atom is 0.323 e. The highest BCUT2D eigenvalue weighted by atomic mass is 32.1. The van der Waals surface area contributed by atoms with Crippen LogP contribution in [0, 0.1) is 6.92 Å². The van der Waals surface area contributed by atoms with Crippen LogP contribution in [0.3, 0.4) is 0 Å². The second-order valence-electron chi connectivity index (χ2n) is 7.05. The smallest absolute Gasteiger partial charge is 0.323 e. The maximum absolute atomic E-state index is 12.2. The quantitative estimate of drug-likeness (QED) is 0.651. The number of amides is 3. The van der Waals surface area contributed by atoms with Crippen LogP contribution in [0.5, 0.6) is 0 Å². The van der Waals surface area contributed by atoms with Gasteiger partial charge < -0.3 is 15.7 Å². The number of nitrogens with zero attached hydrogens (tertiary/aromatic N) is 3. The van der Waals surface area contributed by atoms with E-state index in [4.69, 9.17) is 4.79 Å². The molecule has 4 N–H and O–H groups in total. The molecule has 0 bridgehead atoms. The molecule has 0 aromatic carbocycles. The monoisotopic (exact) mass is 419 g/mol. The first kappa shape index (κ1) is 22.3. The molecule has 0 spiro atoms. The number of hydrogen-bond donors (Lipinski definition) is 3. The molecule has 156 valence electrons. The summed E-state index contributed by atoms with van der Waals surface area (Å²) in [7, 11) is 0. The third-order valence-corrected chi connectivity index (χ3v) is 5.72. The van der Waals surface area contributed by atoms with Crippen molar-refractivity contribution >= 4 is 34.9 Å². The number of aryl methyl sites for hydroxylation is 1. The van der Waals surface area contributed by atoms with Crippen molar-refractivity contribution in [2.75, 3.05) is 18.4 Å². The maximum atomic E-state index is 12.2. The number of carbonyl (C=O) groups is 3. The zero-order valence-electron chi connectivity index (χ0n) is 16.6. The lowest BCUT2D eigenvalue weighted by Crippen LogP contribution is -2.32. The largest absolute Gasteiger partial charge is 0.481 e. The van der Waals surface area contributed by atoms with Gasteiger partial charge in [0.15, 0.2) is 5.13 Å². The van der Waals surface area contributed by atoms with Crippen LogP contribution in [-0.4, -0.2) is 51.5 Å². The highest BCUT2D eigenvalue weighted by Crippen LogP contribution is 2.34.